The van der Waals surface area contributed by atoms with Crippen LogP contribution in [-0.2, 0) is 6.54 Å². The molecule has 4 heteroatoms. The van der Waals surface area contributed by atoms with Crippen molar-refractivity contribution >= 4 is 5.96 Å². The minimum Gasteiger partial charge on any atom is -0.370 e. The minimum absolute atomic E-state index is 0.185. The van der Waals surface area contributed by atoms with Gasteiger partial charge in [-0.3, -0.25) is 5.41 Å². The zero-order chi connectivity index (χ0) is 16.5. The van der Waals surface area contributed by atoms with Gasteiger partial charge in [0.1, 0.15) is 0 Å². The van der Waals surface area contributed by atoms with Crippen molar-refractivity contribution < 1.29 is 0 Å². The number of hydrogen-bond acceptors (Lipinski definition) is 2. The first kappa shape index (κ1) is 17.8. The van der Waals surface area contributed by atoms with Gasteiger partial charge in [-0.25, -0.2) is 0 Å². The van der Waals surface area contributed by atoms with Crippen LogP contribution in [-0.4, -0.2) is 41.9 Å². The Balaban J connectivity index is 1.64. The van der Waals surface area contributed by atoms with E-state index in [4.69, 9.17) is 11.1 Å². The standard InChI is InChI=1S/C19H32N4/c1-17-10-4-5-11-18(17)16-23(19(20)21)15-7-3-2-6-12-22-13-8-9-14-22/h4-5,10-11H,2-3,6-9,12-16H2,1H3,(H3,20,21). The highest BCUT2D eigenvalue weighted by atomic mass is 15.2. The summed E-state index contributed by atoms with van der Waals surface area (Å²) >= 11 is 0. The summed E-state index contributed by atoms with van der Waals surface area (Å²) in [5.41, 5.74) is 8.29. The van der Waals surface area contributed by atoms with Crippen molar-refractivity contribution in [1.29, 1.82) is 5.41 Å². The van der Waals surface area contributed by atoms with E-state index in [9.17, 15) is 0 Å². The number of rotatable bonds is 9. The van der Waals surface area contributed by atoms with Crippen molar-refractivity contribution in [2.45, 2.75) is 52.0 Å². The molecule has 4 nitrogen and oxygen atoms in total. The summed E-state index contributed by atoms with van der Waals surface area (Å²) in [5, 5.41) is 7.80. The summed E-state index contributed by atoms with van der Waals surface area (Å²) in [6.07, 6.45) is 7.69. The fourth-order valence-corrected chi connectivity index (χ4v) is 3.28. The third-order valence-corrected chi connectivity index (χ3v) is 4.81. The van der Waals surface area contributed by atoms with Crippen LogP contribution in [0.4, 0.5) is 0 Å². The maximum Gasteiger partial charge on any atom is 0.188 e. The lowest BCUT2D eigenvalue weighted by molar-refractivity contribution is 0.324. The van der Waals surface area contributed by atoms with Crippen LogP contribution >= 0.6 is 0 Å². The van der Waals surface area contributed by atoms with E-state index in [0.29, 0.717) is 0 Å². The van der Waals surface area contributed by atoms with Gasteiger partial charge in [0.2, 0.25) is 0 Å². The van der Waals surface area contributed by atoms with Gasteiger partial charge >= 0.3 is 0 Å². The van der Waals surface area contributed by atoms with Crippen LogP contribution < -0.4 is 5.73 Å². The molecule has 3 N–H and O–H groups in total. The van der Waals surface area contributed by atoms with Crippen LogP contribution in [0.25, 0.3) is 0 Å². The zero-order valence-corrected chi connectivity index (χ0v) is 14.6. The lowest BCUT2D eigenvalue weighted by Crippen LogP contribution is -2.36. The second-order valence-corrected chi connectivity index (χ2v) is 6.70. The fraction of sp³-hybridized carbons (Fsp3) is 0.632. The SMILES string of the molecule is Cc1ccccc1CN(CCCCCCN1CCCC1)C(=N)N. The van der Waals surface area contributed by atoms with Gasteiger partial charge in [0.25, 0.3) is 0 Å². The Morgan fingerprint density at radius 3 is 2.52 bits per heavy atom. The highest BCUT2D eigenvalue weighted by molar-refractivity contribution is 5.74. The summed E-state index contributed by atoms with van der Waals surface area (Å²) in [6.45, 7) is 7.61. The molecule has 1 aromatic rings. The number of hydrogen-bond donors (Lipinski definition) is 2. The Hall–Kier alpha value is -1.55. The second-order valence-electron chi connectivity index (χ2n) is 6.70. The Morgan fingerprint density at radius 1 is 1.13 bits per heavy atom. The molecule has 2 rings (SSSR count). The Labute approximate surface area is 141 Å². The monoisotopic (exact) mass is 316 g/mol. The molecule has 23 heavy (non-hydrogen) atoms. The van der Waals surface area contributed by atoms with E-state index in [-0.39, 0.29) is 5.96 Å². The van der Waals surface area contributed by atoms with Crippen LogP contribution in [0.5, 0.6) is 0 Å². The number of nitrogens with one attached hydrogen (secondary N) is 1. The molecule has 1 aromatic carbocycles. The third-order valence-electron chi connectivity index (χ3n) is 4.81. The van der Waals surface area contributed by atoms with Gasteiger partial charge in [-0.15, -0.1) is 0 Å². The normalized spacial score (nSPS) is 15.0. The van der Waals surface area contributed by atoms with E-state index in [2.05, 4.69) is 36.1 Å². The van der Waals surface area contributed by atoms with Crippen molar-refractivity contribution in [3.63, 3.8) is 0 Å². The van der Waals surface area contributed by atoms with Crippen LogP contribution in [0.3, 0.4) is 0 Å². The average Bonchev–Trinajstić information content (AvgIpc) is 3.04. The number of unbranched alkanes of at least 4 members (excludes halogenated alkanes) is 3. The van der Waals surface area contributed by atoms with E-state index in [1.54, 1.807) is 0 Å². The van der Waals surface area contributed by atoms with Gasteiger partial charge < -0.3 is 15.5 Å². The molecule has 0 saturated carbocycles. The Morgan fingerprint density at radius 2 is 1.83 bits per heavy atom. The molecule has 0 unspecified atom stereocenters. The van der Waals surface area contributed by atoms with E-state index < -0.39 is 0 Å². The van der Waals surface area contributed by atoms with E-state index in [1.165, 1.54) is 62.9 Å². The van der Waals surface area contributed by atoms with Gasteiger partial charge in [-0.2, -0.15) is 0 Å². The van der Waals surface area contributed by atoms with Crippen LogP contribution in [0.1, 0.15) is 49.7 Å². The maximum atomic E-state index is 7.80. The van der Waals surface area contributed by atoms with Crippen molar-refractivity contribution in [2.75, 3.05) is 26.2 Å². The minimum atomic E-state index is 0.185. The molecule has 0 aromatic heterocycles. The summed E-state index contributed by atoms with van der Waals surface area (Å²) in [4.78, 5) is 4.57. The third kappa shape index (κ3) is 6.22. The summed E-state index contributed by atoms with van der Waals surface area (Å²) in [7, 11) is 0. The highest BCUT2D eigenvalue weighted by Crippen LogP contribution is 2.12. The van der Waals surface area contributed by atoms with Gasteiger partial charge in [-0.1, -0.05) is 37.1 Å². The number of likely N-dealkylation sites (tertiary alicyclic amines) is 1. The van der Waals surface area contributed by atoms with Crippen LogP contribution in [0, 0.1) is 12.3 Å². The molecule has 1 aliphatic rings. The smallest absolute Gasteiger partial charge is 0.188 e. The maximum absolute atomic E-state index is 7.80. The van der Waals surface area contributed by atoms with Gasteiger partial charge in [0.05, 0.1) is 0 Å². The first-order valence-corrected chi connectivity index (χ1v) is 9.02. The highest BCUT2D eigenvalue weighted by Gasteiger charge is 2.11. The molecular formula is C19H32N4. The molecule has 0 atom stereocenters. The molecule has 0 aliphatic carbocycles. The summed E-state index contributed by atoms with van der Waals surface area (Å²) < 4.78 is 0. The molecule has 128 valence electrons. The molecular weight excluding hydrogens is 284 g/mol. The predicted molar refractivity (Wildman–Crippen MR) is 97.6 cm³/mol. The van der Waals surface area contributed by atoms with Crippen molar-refractivity contribution in [1.82, 2.24) is 9.80 Å². The molecule has 0 radical (unpaired) electrons. The number of aryl methyl sites for hydroxylation is 1. The van der Waals surface area contributed by atoms with Crippen LogP contribution in [0.2, 0.25) is 0 Å². The number of guanidine groups is 1. The molecule has 1 fully saturated rings. The van der Waals surface area contributed by atoms with Crippen molar-refractivity contribution in [3.05, 3.63) is 35.4 Å². The second kappa shape index (κ2) is 9.56. The van der Waals surface area contributed by atoms with Crippen molar-refractivity contribution in [3.8, 4) is 0 Å². The number of benzene rings is 1. The lowest BCUT2D eigenvalue weighted by Gasteiger charge is -2.23. The largest absolute Gasteiger partial charge is 0.370 e. The number of nitrogens with two attached hydrogens (primary N) is 1. The summed E-state index contributed by atoms with van der Waals surface area (Å²) in [5.74, 6) is 0.185. The van der Waals surface area contributed by atoms with Crippen LogP contribution in [0.15, 0.2) is 24.3 Å². The van der Waals surface area contributed by atoms with Gasteiger partial charge in [0.15, 0.2) is 5.96 Å². The molecule has 0 spiro atoms. The molecule has 0 amide bonds. The number of nitrogens with zero attached hydrogens (tertiary/aromatic N) is 2. The molecule has 1 saturated heterocycles. The zero-order valence-electron chi connectivity index (χ0n) is 14.6. The fourth-order valence-electron chi connectivity index (χ4n) is 3.28. The average molecular weight is 316 g/mol. The quantitative estimate of drug-likeness (QED) is 0.417. The molecule has 0 bridgehead atoms. The predicted octanol–water partition coefficient (Wildman–Crippen LogP) is 3.35. The Bertz CT molecular complexity index is 480. The molecule has 1 aliphatic heterocycles. The van der Waals surface area contributed by atoms with Gasteiger partial charge in [0, 0.05) is 13.1 Å². The first-order chi connectivity index (χ1) is 11.2. The van der Waals surface area contributed by atoms with E-state index in [0.717, 1.165) is 19.5 Å². The molecule has 1 heterocycles. The van der Waals surface area contributed by atoms with Crippen molar-refractivity contribution in [2.24, 2.45) is 5.73 Å². The van der Waals surface area contributed by atoms with E-state index >= 15 is 0 Å². The summed E-state index contributed by atoms with van der Waals surface area (Å²) in [6, 6.07) is 8.35. The van der Waals surface area contributed by atoms with Gasteiger partial charge in [-0.05, 0) is 63.4 Å². The topological polar surface area (TPSA) is 56.4 Å². The lowest BCUT2D eigenvalue weighted by atomic mass is 10.1. The first-order valence-electron chi connectivity index (χ1n) is 9.02. The Kier molecular flexibility index (Phi) is 7.40. The van der Waals surface area contributed by atoms with E-state index in [1.807, 2.05) is 4.90 Å².